The van der Waals surface area contributed by atoms with Gasteiger partial charge in [-0.1, -0.05) is 36.4 Å². The Morgan fingerprint density at radius 3 is 2.00 bits per heavy atom. The third-order valence-electron chi connectivity index (χ3n) is 4.25. The van der Waals surface area contributed by atoms with E-state index < -0.39 is 11.7 Å². The van der Waals surface area contributed by atoms with Gasteiger partial charge in [-0.05, 0) is 53.3 Å². The van der Waals surface area contributed by atoms with Crippen LogP contribution in [0, 0.1) is 0 Å². The second-order valence-corrected chi connectivity index (χ2v) is 5.65. The van der Waals surface area contributed by atoms with Crippen molar-refractivity contribution >= 4 is 11.4 Å². The van der Waals surface area contributed by atoms with E-state index in [1.54, 1.807) is 0 Å². The van der Waals surface area contributed by atoms with Gasteiger partial charge in [-0.25, -0.2) is 0 Å². The first-order valence-corrected chi connectivity index (χ1v) is 7.38. The minimum Gasteiger partial charge on any atom is -0.295 e. The van der Waals surface area contributed by atoms with Crippen molar-refractivity contribution in [3.05, 3.63) is 65.2 Å². The standard InChI is InChI=1S/C19H15F3O/c1-12-15(10-11-18(12)23)17-5-3-2-4-16(17)13-6-8-14(9-7-13)19(20,21)22/h2-9H,10-11H2,1H3. The van der Waals surface area contributed by atoms with Crippen LogP contribution in [-0.2, 0) is 11.0 Å². The second kappa shape index (κ2) is 5.69. The van der Waals surface area contributed by atoms with Crippen molar-refractivity contribution in [1.82, 2.24) is 0 Å². The molecule has 0 fully saturated rings. The number of Topliss-reactive ketones (excluding diaryl/α,β-unsaturated/α-hetero) is 1. The molecule has 0 N–H and O–H groups in total. The molecule has 0 saturated heterocycles. The Hall–Kier alpha value is -2.36. The lowest BCUT2D eigenvalue weighted by Crippen LogP contribution is -2.04. The molecular weight excluding hydrogens is 301 g/mol. The van der Waals surface area contributed by atoms with Crippen LogP contribution in [0.5, 0.6) is 0 Å². The van der Waals surface area contributed by atoms with Gasteiger partial charge < -0.3 is 0 Å². The summed E-state index contributed by atoms with van der Waals surface area (Å²) in [5, 5.41) is 0. The first-order chi connectivity index (χ1) is 10.9. The molecule has 0 spiro atoms. The van der Waals surface area contributed by atoms with E-state index in [4.69, 9.17) is 0 Å². The average molecular weight is 316 g/mol. The van der Waals surface area contributed by atoms with E-state index in [1.807, 2.05) is 31.2 Å². The Labute approximate surface area is 132 Å². The summed E-state index contributed by atoms with van der Waals surface area (Å²) in [6, 6.07) is 12.7. The first kappa shape index (κ1) is 15.5. The first-order valence-electron chi connectivity index (χ1n) is 7.38. The molecule has 0 aliphatic heterocycles. The van der Waals surface area contributed by atoms with Gasteiger partial charge in [0.15, 0.2) is 5.78 Å². The molecule has 0 saturated carbocycles. The number of hydrogen-bond donors (Lipinski definition) is 0. The molecule has 0 radical (unpaired) electrons. The third kappa shape index (κ3) is 2.93. The van der Waals surface area contributed by atoms with Gasteiger partial charge in [-0.15, -0.1) is 0 Å². The summed E-state index contributed by atoms with van der Waals surface area (Å²) in [6.07, 6.45) is -3.15. The smallest absolute Gasteiger partial charge is 0.295 e. The van der Waals surface area contributed by atoms with Crippen LogP contribution < -0.4 is 0 Å². The van der Waals surface area contributed by atoms with Crippen LogP contribution in [-0.4, -0.2) is 5.78 Å². The van der Waals surface area contributed by atoms with Crippen LogP contribution in [0.4, 0.5) is 13.2 Å². The lowest BCUT2D eigenvalue weighted by atomic mass is 9.92. The minimum atomic E-state index is -4.34. The monoisotopic (exact) mass is 316 g/mol. The van der Waals surface area contributed by atoms with Crippen molar-refractivity contribution < 1.29 is 18.0 Å². The topological polar surface area (TPSA) is 17.1 Å². The molecule has 23 heavy (non-hydrogen) atoms. The van der Waals surface area contributed by atoms with E-state index in [-0.39, 0.29) is 5.78 Å². The van der Waals surface area contributed by atoms with Crippen molar-refractivity contribution in [3.8, 4) is 11.1 Å². The highest BCUT2D eigenvalue weighted by Gasteiger charge is 2.30. The molecule has 4 heteroatoms. The van der Waals surface area contributed by atoms with E-state index >= 15 is 0 Å². The molecule has 2 aromatic carbocycles. The third-order valence-corrected chi connectivity index (χ3v) is 4.25. The number of rotatable bonds is 2. The zero-order valence-corrected chi connectivity index (χ0v) is 12.6. The van der Waals surface area contributed by atoms with Crippen molar-refractivity contribution in [3.63, 3.8) is 0 Å². The number of halogens is 3. The van der Waals surface area contributed by atoms with Crippen molar-refractivity contribution in [2.24, 2.45) is 0 Å². The molecule has 1 aliphatic carbocycles. The van der Waals surface area contributed by atoms with Crippen LogP contribution >= 0.6 is 0 Å². The molecule has 118 valence electrons. The lowest BCUT2D eigenvalue weighted by Gasteiger charge is -2.13. The Morgan fingerprint density at radius 2 is 1.48 bits per heavy atom. The van der Waals surface area contributed by atoms with Gasteiger partial charge in [0.1, 0.15) is 0 Å². The summed E-state index contributed by atoms with van der Waals surface area (Å²) in [5.74, 6) is 0.141. The van der Waals surface area contributed by atoms with Crippen LogP contribution in [0.25, 0.3) is 16.7 Å². The summed E-state index contributed by atoms with van der Waals surface area (Å²) < 4.78 is 38.1. The van der Waals surface area contributed by atoms with Crippen LogP contribution in [0.3, 0.4) is 0 Å². The Bertz CT molecular complexity index is 783. The van der Waals surface area contributed by atoms with Gasteiger partial charge in [0, 0.05) is 6.42 Å². The molecular formula is C19H15F3O. The van der Waals surface area contributed by atoms with Crippen molar-refractivity contribution in [2.75, 3.05) is 0 Å². The molecule has 0 aromatic heterocycles. The summed E-state index contributed by atoms with van der Waals surface area (Å²) in [5.41, 5.74) is 3.58. The molecule has 1 nitrogen and oxygen atoms in total. The normalized spacial score (nSPS) is 15.4. The van der Waals surface area contributed by atoms with Crippen LogP contribution in [0.2, 0.25) is 0 Å². The largest absolute Gasteiger partial charge is 0.416 e. The number of alkyl halides is 3. The molecule has 0 amide bonds. The van der Waals surface area contributed by atoms with Crippen LogP contribution in [0.15, 0.2) is 54.1 Å². The van der Waals surface area contributed by atoms with Gasteiger partial charge in [0.25, 0.3) is 0 Å². The van der Waals surface area contributed by atoms with Crippen molar-refractivity contribution in [2.45, 2.75) is 25.9 Å². The SMILES string of the molecule is CC1=C(c2ccccc2-c2ccc(C(F)(F)F)cc2)CCC1=O. The zero-order chi connectivity index (χ0) is 16.6. The molecule has 0 heterocycles. The predicted octanol–water partition coefficient (Wildman–Crippen LogP) is 5.51. The predicted molar refractivity (Wildman–Crippen MR) is 83.7 cm³/mol. The molecule has 1 aliphatic rings. The highest BCUT2D eigenvalue weighted by atomic mass is 19.4. The number of ketones is 1. The number of carbonyl (C=O) groups excluding carboxylic acids is 1. The van der Waals surface area contributed by atoms with E-state index in [9.17, 15) is 18.0 Å². The summed E-state index contributed by atoms with van der Waals surface area (Å²) in [7, 11) is 0. The van der Waals surface area contributed by atoms with Crippen molar-refractivity contribution in [1.29, 1.82) is 0 Å². The highest BCUT2D eigenvalue weighted by molar-refractivity contribution is 6.07. The summed E-state index contributed by atoms with van der Waals surface area (Å²) in [4.78, 5) is 11.8. The van der Waals surface area contributed by atoms with Gasteiger partial charge >= 0.3 is 6.18 Å². The number of benzene rings is 2. The Kier molecular flexibility index (Phi) is 3.84. The maximum absolute atomic E-state index is 12.7. The molecule has 0 atom stereocenters. The van der Waals surface area contributed by atoms with E-state index in [0.29, 0.717) is 18.4 Å². The van der Waals surface area contributed by atoms with Gasteiger partial charge in [0.05, 0.1) is 5.56 Å². The van der Waals surface area contributed by atoms with E-state index in [2.05, 4.69) is 0 Å². The summed E-state index contributed by atoms with van der Waals surface area (Å²) in [6.45, 7) is 1.81. The highest BCUT2D eigenvalue weighted by Crippen LogP contribution is 2.38. The molecule has 2 aromatic rings. The van der Waals surface area contributed by atoms with Gasteiger partial charge in [-0.2, -0.15) is 13.2 Å². The second-order valence-electron chi connectivity index (χ2n) is 5.65. The molecule has 3 rings (SSSR count). The fourth-order valence-electron chi connectivity index (χ4n) is 2.96. The maximum Gasteiger partial charge on any atom is 0.416 e. The summed E-state index contributed by atoms with van der Waals surface area (Å²) >= 11 is 0. The number of hydrogen-bond acceptors (Lipinski definition) is 1. The van der Waals surface area contributed by atoms with Gasteiger partial charge in [-0.3, -0.25) is 4.79 Å². The fraction of sp³-hybridized carbons (Fsp3) is 0.211. The van der Waals surface area contributed by atoms with Crippen LogP contribution in [0.1, 0.15) is 30.9 Å². The Morgan fingerprint density at radius 1 is 0.870 bits per heavy atom. The van der Waals surface area contributed by atoms with Gasteiger partial charge in [0.2, 0.25) is 0 Å². The maximum atomic E-state index is 12.7. The molecule has 0 unspecified atom stereocenters. The zero-order valence-electron chi connectivity index (χ0n) is 12.6. The Balaban J connectivity index is 2.07. The van der Waals surface area contributed by atoms with E-state index in [1.165, 1.54) is 12.1 Å². The number of carbonyl (C=O) groups is 1. The molecule has 0 bridgehead atoms. The minimum absolute atomic E-state index is 0.141. The average Bonchev–Trinajstić information content (AvgIpc) is 2.86. The number of allylic oxidation sites excluding steroid dienone is 2. The fourth-order valence-corrected chi connectivity index (χ4v) is 2.96. The lowest BCUT2D eigenvalue weighted by molar-refractivity contribution is -0.137. The quantitative estimate of drug-likeness (QED) is 0.714. The van der Waals surface area contributed by atoms with E-state index in [0.717, 1.165) is 34.4 Å².